The van der Waals surface area contributed by atoms with Gasteiger partial charge in [0, 0.05) is 5.56 Å². The van der Waals surface area contributed by atoms with Crippen LogP contribution in [-0.2, 0) is 22.4 Å². The van der Waals surface area contributed by atoms with Crippen LogP contribution in [0.3, 0.4) is 0 Å². The molecule has 0 aromatic heterocycles. The lowest BCUT2D eigenvalue weighted by Gasteiger charge is -2.21. The molecule has 4 nitrogen and oxygen atoms in total. The van der Waals surface area contributed by atoms with Crippen molar-refractivity contribution in [2.75, 3.05) is 20.3 Å². The third kappa shape index (κ3) is 3.19. The standard InChI is InChI=1S/C15H20O4/c1-3-18-14(16)10-19-15-12-7-5-4-6-11(12)8-9-13(15)17-2/h8-9H,3-7,10H2,1-2H3. The highest BCUT2D eigenvalue weighted by atomic mass is 16.6. The molecule has 0 atom stereocenters. The number of aryl methyl sites for hydroxylation is 1. The molecule has 0 fully saturated rings. The molecule has 0 amide bonds. The van der Waals surface area contributed by atoms with Crippen molar-refractivity contribution in [2.45, 2.75) is 32.6 Å². The third-order valence-corrected chi connectivity index (χ3v) is 3.30. The number of rotatable bonds is 5. The Morgan fingerprint density at radius 3 is 2.79 bits per heavy atom. The average molecular weight is 264 g/mol. The molecule has 0 N–H and O–H groups in total. The number of hydrogen-bond acceptors (Lipinski definition) is 4. The van der Waals surface area contributed by atoms with E-state index >= 15 is 0 Å². The highest BCUT2D eigenvalue weighted by Gasteiger charge is 2.19. The summed E-state index contributed by atoms with van der Waals surface area (Å²) in [6.07, 6.45) is 4.40. The van der Waals surface area contributed by atoms with E-state index in [1.807, 2.05) is 6.07 Å². The number of ether oxygens (including phenoxy) is 3. The zero-order chi connectivity index (χ0) is 13.7. The number of benzene rings is 1. The second kappa shape index (κ2) is 6.45. The molecule has 0 saturated carbocycles. The van der Waals surface area contributed by atoms with Crippen molar-refractivity contribution < 1.29 is 19.0 Å². The van der Waals surface area contributed by atoms with Crippen LogP contribution in [0.4, 0.5) is 0 Å². The topological polar surface area (TPSA) is 44.8 Å². The van der Waals surface area contributed by atoms with Gasteiger partial charge in [-0.2, -0.15) is 0 Å². The molecule has 1 aliphatic rings. The molecule has 0 aliphatic heterocycles. The van der Waals surface area contributed by atoms with Crippen molar-refractivity contribution >= 4 is 5.97 Å². The monoisotopic (exact) mass is 264 g/mol. The van der Waals surface area contributed by atoms with Crippen LogP contribution in [0.25, 0.3) is 0 Å². The molecule has 0 unspecified atom stereocenters. The largest absolute Gasteiger partial charge is 0.493 e. The Morgan fingerprint density at radius 1 is 1.26 bits per heavy atom. The van der Waals surface area contributed by atoms with Gasteiger partial charge in [0.25, 0.3) is 0 Å². The van der Waals surface area contributed by atoms with Crippen molar-refractivity contribution in [3.63, 3.8) is 0 Å². The summed E-state index contributed by atoms with van der Waals surface area (Å²) in [7, 11) is 1.61. The Labute approximate surface area is 113 Å². The van der Waals surface area contributed by atoms with Gasteiger partial charge < -0.3 is 14.2 Å². The predicted octanol–water partition coefficient (Wildman–Crippen LogP) is 2.52. The zero-order valence-electron chi connectivity index (χ0n) is 11.5. The van der Waals surface area contributed by atoms with Gasteiger partial charge in [-0.25, -0.2) is 4.79 Å². The quantitative estimate of drug-likeness (QED) is 0.767. The summed E-state index contributed by atoms with van der Waals surface area (Å²) in [4.78, 5) is 11.4. The zero-order valence-corrected chi connectivity index (χ0v) is 11.5. The molecule has 1 aliphatic carbocycles. The van der Waals surface area contributed by atoms with Crippen LogP contribution in [0.2, 0.25) is 0 Å². The molecular formula is C15H20O4. The van der Waals surface area contributed by atoms with Crippen molar-refractivity contribution in [2.24, 2.45) is 0 Å². The van der Waals surface area contributed by atoms with E-state index in [9.17, 15) is 4.79 Å². The minimum Gasteiger partial charge on any atom is -0.493 e. The second-order valence-electron chi connectivity index (χ2n) is 4.54. The molecule has 0 radical (unpaired) electrons. The fraction of sp³-hybridized carbons (Fsp3) is 0.533. The summed E-state index contributed by atoms with van der Waals surface area (Å²) in [6.45, 7) is 2.08. The first-order valence-electron chi connectivity index (χ1n) is 6.73. The Kier molecular flexibility index (Phi) is 4.66. The molecule has 2 rings (SSSR count). The van der Waals surface area contributed by atoms with Gasteiger partial charge in [-0.1, -0.05) is 6.07 Å². The van der Waals surface area contributed by atoms with Crippen LogP contribution < -0.4 is 9.47 Å². The molecule has 4 heteroatoms. The maximum atomic E-state index is 11.4. The van der Waals surface area contributed by atoms with Gasteiger partial charge in [-0.15, -0.1) is 0 Å². The maximum absolute atomic E-state index is 11.4. The van der Waals surface area contributed by atoms with Crippen molar-refractivity contribution in [3.05, 3.63) is 23.3 Å². The Hall–Kier alpha value is -1.71. The molecule has 0 bridgehead atoms. The van der Waals surface area contributed by atoms with Gasteiger partial charge in [0.1, 0.15) is 0 Å². The van der Waals surface area contributed by atoms with Crippen molar-refractivity contribution in [3.8, 4) is 11.5 Å². The predicted molar refractivity (Wildman–Crippen MR) is 71.8 cm³/mol. The van der Waals surface area contributed by atoms with Crippen LogP contribution in [-0.4, -0.2) is 26.3 Å². The lowest BCUT2D eigenvalue weighted by Crippen LogP contribution is -2.16. The molecule has 1 aromatic rings. The first-order valence-corrected chi connectivity index (χ1v) is 6.73. The third-order valence-electron chi connectivity index (χ3n) is 3.30. The van der Waals surface area contributed by atoms with Gasteiger partial charge in [0.2, 0.25) is 0 Å². The number of methoxy groups -OCH3 is 1. The smallest absolute Gasteiger partial charge is 0.344 e. The van der Waals surface area contributed by atoms with E-state index in [1.54, 1.807) is 14.0 Å². The highest BCUT2D eigenvalue weighted by Crippen LogP contribution is 2.37. The molecular weight excluding hydrogens is 244 g/mol. The van der Waals surface area contributed by atoms with Crippen LogP contribution in [0.5, 0.6) is 11.5 Å². The Balaban J connectivity index is 2.19. The van der Waals surface area contributed by atoms with E-state index in [4.69, 9.17) is 14.2 Å². The van der Waals surface area contributed by atoms with Crippen molar-refractivity contribution in [1.82, 2.24) is 0 Å². The molecule has 0 saturated heterocycles. The van der Waals surface area contributed by atoms with Crippen LogP contribution in [0, 0.1) is 0 Å². The van der Waals surface area contributed by atoms with Gasteiger partial charge in [0.05, 0.1) is 13.7 Å². The molecule has 0 spiro atoms. The fourth-order valence-electron chi connectivity index (χ4n) is 2.43. The maximum Gasteiger partial charge on any atom is 0.344 e. The van der Waals surface area contributed by atoms with Crippen LogP contribution in [0.1, 0.15) is 30.9 Å². The summed E-state index contributed by atoms with van der Waals surface area (Å²) in [5, 5.41) is 0. The van der Waals surface area contributed by atoms with Crippen LogP contribution in [0.15, 0.2) is 12.1 Å². The van der Waals surface area contributed by atoms with Gasteiger partial charge in [0.15, 0.2) is 18.1 Å². The summed E-state index contributed by atoms with van der Waals surface area (Å²) >= 11 is 0. The summed E-state index contributed by atoms with van der Waals surface area (Å²) in [6, 6.07) is 4.00. The fourth-order valence-corrected chi connectivity index (χ4v) is 2.43. The number of hydrogen-bond donors (Lipinski definition) is 0. The highest BCUT2D eigenvalue weighted by molar-refractivity contribution is 5.71. The first-order chi connectivity index (χ1) is 9.26. The molecule has 104 valence electrons. The van der Waals surface area contributed by atoms with Crippen molar-refractivity contribution in [1.29, 1.82) is 0 Å². The van der Waals surface area contributed by atoms with E-state index < -0.39 is 0 Å². The van der Waals surface area contributed by atoms with Gasteiger partial charge in [-0.05, 0) is 44.2 Å². The Morgan fingerprint density at radius 2 is 2.05 bits per heavy atom. The summed E-state index contributed by atoms with van der Waals surface area (Å²) in [5.41, 5.74) is 2.47. The number of esters is 1. The van der Waals surface area contributed by atoms with E-state index in [1.165, 1.54) is 17.5 Å². The van der Waals surface area contributed by atoms with E-state index in [0.717, 1.165) is 19.3 Å². The summed E-state index contributed by atoms with van der Waals surface area (Å²) in [5.74, 6) is 1.04. The van der Waals surface area contributed by atoms with E-state index in [2.05, 4.69) is 6.07 Å². The first kappa shape index (κ1) is 13.7. The molecule has 0 heterocycles. The SMILES string of the molecule is CCOC(=O)COc1c(OC)ccc2c1CCCC2. The number of fused-ring (bicyclic) bond motifs is 1. The molecule has 1 aromatic carbocycles. The normalized spacial score (nSPS) is 13.6. The number of carbonyl (C=O) groups excluding carboxylic acids is 1. The minimum absolute atomic E-state index is 0.0688. The number of carbonyl (C=O) groups is 1. The average Bonchev–Trinajstić information content (AvgIpc) is 2.44. The van der Waals surface area contributed by atoms with Crippen LogP contribution >= 0.6 is 0 Å². The van der Waals surface area contributed by atoms with Gasteiger partial charge >= 0.3 is 5.97 Å². The lowest BCUT2D eigenvalue weighted by atomic mass is 9.91. The van der Waals surface area contributed by atoms with Gasteiger partial charge in [-0.3, -0.25) is 0 Å². The Bertz CT molecular complexity index is 454. The molecule has 19 heavy (non-hydrogen) atoms. The van der Waals surface area contributed by atoms with E-state index in [0.29, 0.717) is 18.1 Å². The van der Waals surface area contributed by atoms with E-state index in [-0.39, 0.29) is 12.6 Å². The lowest BCUT2D eigenvalue weighted by molar-refractivity contribution is -0.145. The minimum atomic E-state index is -0.349. The second-order valence-corrected chi connectivity index (χ2v) is 4.54. The summed E-state index contributed by atoms with van der Waals surface area (Å²) < 4.78 is 15.8.